The van der Waals surface area contributed by atoms with Crippen LogP contribution in [0.25, 0.3) is 43.7 Å². The quantitative estimate of drug-likeness (QED) is 0.348. The van der Waals surface area contributed by atoms with Gasteiger partial charge in [-0.15, -0.1) is 0 Å². The lowest BCUT2D eigenvalue weighted by Gasteiger charge is -2.11. The lowest BCUT2D eigenvalue weighted by molar-refractivity contribution is 0.628. The van der Waals surface area contributed by atoms with E-state index in [1.165, 1.54) is 12.1 Å². The third-order valence-electron chi connectivity index (χ3n) is 4.82. The van der Waals surface area contributed by atoms with E-state index in [9.17, 15) is 4.39 Å². The third-order valence-corrected chi connectivity index (χ3v) is 4.82. The van der Waals surface area contributed by atoms with Gasteiger partial charge in [-0.05, 0) is 47.0 Å². The van der Waals surface area contributed by atoms with Gasteiger partial charge in [0, 0.05) is 17.0 Å². The summed E-state index contributed by atoms with van der Waals surface area (Å²) in [5, 5.41) is 4.46. The number of hydrogen-bond acceptors (Lipinski definition) is 2. The first kappa shape index (κ1) is 15.0. The number of aromatic nitrogens is 2. The molecule has 0 unspecified atom stereocenters. The molecule has 0 spiro atoms. The SMILES string of the molecule is Cc1cnc2c3ccccc3c3cc(-c4ccc(F)cc4)ccc3c2n1. The van der Waals surface area contributed by atoms with Gasteiger partial charge in [0.15, 0.2) is 0 Å². The molecule has 0 amide bonds. The van der Waals surface area contributed by atoms with Gasteiger partial charge in [-0.1, -0.05) is 48.5 Å². The van der Waals surface area contributed by atoms with Crippen molar-refractivity contribution in [3.05, 3.63) is 84.4 Å². The number of hydrogen-bond donors (Lipinski definition) is 0. The van der Waals surface area contributed by atoms with Crippen LogP contribution in [0.1, 0.15) is 5.69 Å². The molecule has 0 saturated carbocycles. The molecule has 2 nitrogen and oxygen atoms in total. The van der Waals surface area contributed by atoms with Crippen molar-refractivity contribution in [3.8, 4) is 11.1 Å². The van der Waals surface area contributed by atoms with Gasteiger partial charge >= 0.3 is 0 Å². The van der Waals surface area contributed by atoms with Crippen LogP contribution < -0.4 is 0 Å². The molecule has 0 radical (unpaired) electrons. The maximum atomic E-state index is 13.3. The smallest absolute Gasteiger partial charge is 0.123 e. The summed E-state index contributed by atoms with van der Waals surface area (Å²) in [5.41, 5.74) is 4.80. The Morgan fingerprint density at radius 1 is 0.692 bits per heavy atom. The van der Waals surface area contributed by atoms with E-state index in [0.717, 1.165) is 49.4 Å². The van der Waals surface area contributed by atoms with Gasteiger partial charge in [0.1, 0.15) is 5.82 Å². The Labute approximate surface area is 150 Å². The first-order valence-corrected chi connectivity index (χ1v) is 8.54. The second-order valence-electron chi connectivity index (χ2n) is 6.52. The molecular weight excluding hydrogens is 323 g/mol. The van der Waals surface area contributed by atoms with E-state index in [4.69, 9.17) is 4.98 Å². The van der Waals surface area contributed by atoms with Crippen LogP contribution >= 0.6 is 0 Å². The summed E-state index contributed by atoms with van der Waals surface area (Å²) in [6.45, 7) is 1.96. The Bertz CT molecular complexity index is 1290. The Morgan fingerprint density at radius 2 is 1.38 bits per heavy atom. The van der Waals surface area contributed by atoms with Crippen LogP contribution in [-0.4, -0.2) is 9.97 Å². The van der Waals surface area contributed by atoms with E-state index in [0.29, 0.717) is 0 Å². The van der Waals surface area contributed by atoms with Crippen molar-refractivity contribution in [2.75, 3.05) is 0 Å². The van der Waals surface area contributed by atoms with Crippen LogP contribution in [0.3, 0.4) is 0 Å². The molecule has 1 aromatic heterocycles. The standard InChI is InChI=1S/C23H15FN2/c1-14-13-25-22-19-5-3-2-4-18(19)21-12-16(8-11-20(21)23(22)26-14)15-6-9-17(24)10-7-15/h2-13H,1H3. The zero-order chi connectivity index (χ0) is 17.7. The largest absolute Gasteiger partial charge is 0.252 e. The molecule has 0 atom stereocenters. The Balaban J connectivity index is 1.92. The molecule has 0 aliphatic heterocycles. The van der Waals surface area contributed by atoms with Crippen molar-refractivity contribution in [2.24, 2.45) is 0 Å². The van der Waals surface area contributed by atoms with Crippen LogP contribution in [-0.2, 0) is 0 Å². The normalized spacial score (nSPS) is 11.5. The van der Waals surface area contributed by atoms with Crippen molar-refractivity contribution in [2.45, 2.75) is 6.92 Å². The fraction of sp³-hybridized carbons (Fsp3) is 0.0435. The molecular formula is C23H15FN2. The van der Waals surface area contributed by atoms with Crippen molar-refractivity contribution in [1.82, 2.24) is 9.97 Å². The van der Waals surface area contributed by atoms with Crippen LogP contribution in [0.5, 0.6) is 0 Å². The third kappa shape index (κ3) is 2.25. The second-order valence-corrected chi connectivity index (χ2v) is 6.52. The summed E-state index contributed by atoms with van der Waals surface area (Å²) in [7, 11) is 0. The van der Waals surface area contributed by atoms with Crippen LogP contribution in [0.15, 0.2) is 72.9 Å². The van der Waals surface area contributed by atoms with Gasteiger partial charge in [0.2, 0.25) is 0 Å². The van der Waals surface area contributed by atoms with E-state index in [1.807, 2.05) is 37.4 Å². The Kier molecular flexibility index (Phi) is 3.22. The molecule has 0 aliphatic rings. The summed E-state index contributed by atoms with van der Waals surface area (Å²) in [6, 6.07) is 21.2. The zero-order valence-corrected chi connectivity index (χ0v) is 14.2. The lowest BCUT2D eigenvalue weighted by atomic mass is 9.95. The zero-order valence-electron chi connectivity index (χ0n) is 14.2. The monoisotopic (exact) mass is 338 g/mol. The number of benzene rings is 4. The number of fused-ring (bicyclic) bond motifs is 6. The van der Waals surface area contributed by atoms with E-state index in [2.05, 4.69) is 35.3 Å². The molecule has 5 aromatic rings. The van der Waals surface area contributed by atoms with E-state index < -0.39 is 0 Å². The lowest BCUT2D eigenvalue weighted by Crippen LogP contribution is -1.91. The summed E-state index contributed by atoms with van der Waals surface area (Å²) in [6.07, 6.45) is 1.81. The Morgan fingerprint density at radius 3 is 2.19 bits per heavy atom. The molecule has 26 heavy (non-hydrogen) atoms. The second kappa shape index (κ2) is 5.60. The fourth-order valence-electron chi connectivity index (χ4n) is 3.58. The molecule has 1 heterocycles. The summed E-state index contributed by atoms with van der Waals surface area (Å²) < 4.78 is 13.3. The maximum absolute atomic E-state index is 13.3. The molecule has 5 rings (SSSR count). The van der Waals surface area contributed by atoms with Crippen molar-refractivity contribution < 1.29 is 4.39 Å². The summed E-state index contributed by atoms with van der Waals surface area (Å²) in [5.74, 6) is -0.225. The van der Waals surface area contributed by atoms with Crippen molar-refractivity contribution in [3.63, 3.8) is 0 Å². The highest BCUT2D eigenvalue weighted by Crippen LogP contribution is 2.35. The average Bonchev–Trinajstić information content (AvgIpc) is 2.68. The van der Waals surface area contributed by atoms with Gasteiger partial charge in [-0.3, -0.25) is 4.98 Å². The molecule has 0 fully saturated rings. The van der Waals surface area contributed by atoms with Crippen molar-refractivity contribution in [1.29, 1.82) is 0 Å². The maximum Gasteiger partial charge on any atom is 0.123 e. The predicted octanol–water partition coefficient (Wildman–Crippen LogP) is 6.05. The number of nitrogens with zero attached hydrogens (tertiary/aromatic N) is 2. The molecule has 124 valence electrons. The molecule has 3 heteroatoms. The van der Waals surface area contributed by atoms with Crippen molar-refractivity contribution >= 4 is 32.6 Å². The fourth-order valence-corrected chi connectivity index (χ4v) is 3.58. The highest BCUT2D eigenvalue weighted by Gasteiger charge is 2.11. The molecule has 0 bridgehead atoms. The number of aryl methyl sites for hydroxylation is 1. The summed E-state index contributed by atoms with van der Waals surface area (Å²) >= 11 is 0. The Hall–Kier alpha value is -3.33. The first-order chi connectivity index (χ1) is 12.7. The van der Waals surface area contributed by atoms with Crippen LogP contribution in [0.2, 0.25) is 0 Å². The first-order valence-electron chi connectivity index (χ1n) is 8.54. The van der Waals surface area contributed by atoms with Gasteiger partial charge in [0.05, 0.1) is 16.7 Å². The highest BCUT2D eigenvalue weighted by atomic mass is 19.1. The molecule has 4 aromatic carbocycles. The summed E-state index contributed by atoms with van der Waals surface area (Å²) in [4.78, 5) is 9.40. The topological polar surface area (TPSA) is 25.8 Å². The minimum absolute atomic E-state index is 0.225. The van der Waals surface area contributed by atoms with E-state index in [-0.39, 0.29) is 5.82 Å². The molecule has 0 saturated heterocycles. The van der Waals surface area contributed by atoms with Gasteiger partial charge in [-0.25, -0.2) is 9.37 Å². The van der Waals surface area contributed by atoms with Gasteiger partial charge in [0.25, 0.3) is 0 Å². The van der Waals surface area contributed by atoms with Gasteiger partial charge < -0.3 is 0 Å². The average molecular weight is 338 g/mol. The number of rotatable bonds is 1. The van der Waals surface area contributed by atoms with Crippen LogP contribution in [0.4, 0.5) is 4.39 Å². The van der Waals surface area contributed by atoms with E-state index >= 15 is 0 Å². The predicted molar refractivity (Wildman–Crippen MR) is 105 cm³/mol. The molecule has 0 N–H and O–H groups in total. The van der Waals surface area contributed by atoms with E-state index in [1.54, 1.807) is 0 Å². The molecule has 0 aliphatic carbocycles. The van der Waals surface area contributed by atoms with Gasteiger partial charge in [-0.2, -0.15) is 0 Å². The minimum Gasteiger partial charge on any atom is -0.252 e. The highest BCUT2D eigenvalue weighted by molar-refractivity contribution is 6.23. The minimum atomic E-state index is -0.225. The van der Waals surface area contributed by atoms with Crippen LogP contribution in [0, 0.1) is 12.7 Å². The number of halogens is 1.